The molecule has 0 bridgehead atoms. The second-order valence-electron chi connectivity index (χ2n) is 3.32. The van der Waals surface area contributed by atoms with Crippen LogP contribution in [0, 0.1) is 0 Å². The highest BCUT2D eigenvalue weighted by atomic mass is 16.4. The number of hydrogen-bond acceptors (Lipinski definition) is 1. The molecule has 2 N–H and O–H groups in total. The lowest BCUT2D eigenvalue weighted by Gasteiger charge is -1.95. The molecule has 0 atom stereocenters. The van der Waals surface area contributed by atoms with Crippen LogP contribution < -0.4 is 0 Å². The monoisotopic (exact) mass is 201 g/mol. The Balaban J connectivity index is 2.73. The van der Waals surface area contributed by atoms with Crippen LogP contribution in [0.4, 0.5) is 0 Å². The van der Waals surface area contributed by atoms with Crippen LogP contribution >= 0.6 is 0 Å². The van der Waals surface area contributed by atoms with Crippen molar-refractivity contribution in [2.75, 3.05) is 0 Å². The Kier molecular flexibility index (Phi) is 2.29. The molecular weight excluding hydrogens is 190 g/mol. The fourth-order valence-corrected chi connectivity index (χ4v) is 1.74. The number of aromatic nitrogens is 1. The Bertz CT molecular complexity index is 525. The van der Waals surface area contributed by atoms with Crippen LogP contribution in [0.3, 0.4) is 0 Å². The lowest BCUT2D eigenvalue weighted by molar-refractivity contribution is 0.0690. The van der Waals surface area contributed by atoms with Crippen molar-refractivity contribution in [2.45, 2.75) is 6.42 Å². The molecule has 1 aromatic heterocycles. The van der Waals surface area contributed by atoms with Crippen molar-refractivity contribution < 1.29 is 9.90 Å². The molecule has 3 heteroatoms. The molecular formula is C12H11NO2. The Hall–Kier alpha value is -2.03. The van der Waals surface area contributed by atoms with Crippen LogP contribution in [0.1, 0.15) is 16.1 Å². The minimum absolute atomic E-state index is 0.260. The fraction of sp³-hybridized carbons (Fsp3) is 0.0833. The van der Waals surface area contributed by atoms with Crippen molar-refractivity contribution >= 4 is 16.9 Å². The van der Waals surface area contributed by atoms with E-state index in [4.69, 9.17) is 5.11 Å². The highest BCUT2D eigenvalue weighted by Crippen LogP contribution is 2.22. The van der Waals surface area contributed by atoms with E-state index in [9.17, 15) is 4.79 Å². The van der Waals surface area contributed by atoms with E-state index in [-0.39, 0.29) is 5.69 Å². The molecule has 2 rings (SSSR count). The Morgan fingerprint density at radius 1 is 1.47 bits per heavy atom. The molecule has 0 aliphatic heterocycles. The molecule has 76 valence electrons. The molecule has 2 aromatic rings. The molecule has 0 unspecified atom stereocenters. The van der Waals surface area contributed by atoms with Gasteiger partial charge in [-0.05, 0) is 18.1 Å². The number of H-pyrrole nitrogens is 1. The maximum Gasteiger partial charge on any atom is 0.352 e. The van der Waals surface area contributed by atoms with Gasteiger partial charge in [0, 0.05) is 10.9 Å². The van der Waals surface area contributed by atoms with Gasteiger partial charge in [-0.2, -0.15) is 0 Å². The minimum Gasteiger partial charge on any atom is -0.477 e. The lowest BCUT2D eigenvalue weighted by Crippen LogP contribution is -2.00. The third-order valence-corrected chi connectivity index (χ3v) is 2.38. The van der Waals surface area contributed by atoms with Crippen LogP contribution in [0.25, 0.3) is 10.9 Å². The summed E-state index contributed by atoms with van der Waals surface area (Å²) in [6.45, 7) is 3.64. The topological polar surface area (TPSA) is 53.1 Å². The van der Waals surface area contributed by atoms with Crippen LogP contribution in [-0.4, -0.2) is 16.1 Å². The van der Waals surface area contributed by atoms with E-state index in [0.29, 0.717) is 6.42 Å². The number of rotatable bonds is 3. The van der Waals surface area contributed by atoms with Crippen molar-refractivity contribution in [1.82, 2.24) is 4.98 Å². The number of carboxylic acids is 1. The number of carboxylic acid groups (broad SMARTS) is 1. The number of aromatic amines is 1. The molecule has 0 aliphatic carbocycles. The summed E-state index contributed by atoms with van der Waals surface area (Å²) in [5.41, 5.74) is 1.91. The van der Waals surface area contributed by atoms with E-state index >= 15 is 0 Å². The Morgan fingerprint density at radius 2 is 2.20 bits per heavy atom. The maximum atomic E-state index is 11.0. The summed E-state index contributed by atoms with van der Waals surface area (Å²) in [7, 11) is 0. The van der Waals surface area contributed by atoms with Crippen LogP contribution in [0.2, 0.25) is 0 Å². The van der Waals surface area contributed by atoms with Gasteiger partial charge in [-0.15, -0.1) is 6.58 Å². The second kappa shape index (κ2) is 3.61. The van der Waals surface area contributed by atoms with E-state index in [1.807, 2.05) is 24.3 Å². The first kappa shape index (κ1) is 9.52. The number of nitrogens with one attached hydrogen (secondary N) is 1. The van der Waals surface area contributed by atoms with E-state index in [1.54, 1.807) is 6.08 Å². The summed E-state index contributed by atoms with van der Waals surface area (Å²) in [5.74, 6) is -0.928. The van der Waals surface area contributed by atoms with Gasteiger partial charge in [-0.1, -0.05) is 24.3 Å². The quantitative estimate of drug-likeness (QED) is 0.750. The van der Waals surface area contributed by atoms with Gasteiger partial charge in [0.2, 0.25) is 0 Å². The third-order valence-electron chi connectivity index (χ3n) is 2.38. The van der Waals surface area contributed by atoms with Crippen LogP contribution in [0.15, 0.2) is 36.9 Å². The van der Waals surface area contributed by atoms with Gasteiger partial charge < -0.3 is 10.1 Å². The second-order valence-corrected chi connectivity index (χ2v) is 3.32. The van der Waals surface area contributed by atoms with Gasteiger partial charge in [0.1, 0.15) is 5.69 Å². The summed E-state index contributed by atoms with van der Waals surface area (Å²) in [5, 5.41) is 9.98. The zero-order valence-electron chi connectivity index (χ0n) is 8.16. The average Bonchev–Trinajstić information content (AvgIpc) is 2.58. The van der Waals surface area contributed by atoms with Crippen LogP contribution in [0.5, 0.6) is 0 Å². The molecule has 3 nitrogen and oxygen atoms in total. The number of aromatic carboxylic acids is 1. The Morgan fingerprint density at radius 3 is 2.87 bits per heavy atom. The standard InChI is InChI=1S/C12H11NO2/c1-2-5-9-8-6-3-4-7-10(8)13-11(9)12(14)15/h2-4,6-7,13H,1,5H2,(H,14,15). The molecule has 0 aliphatic rings. The zero-order chi connectivity index (χ0) is 10.8. The minimum atomic E-state index is -0.928. The first-order chi connectivity index (χ1) is 7.24. The normalized spacial score (nSPS) is 10.4. The van der Waals surface area contributed by atoms with Crippen molar-refractivity contribution in [3.05, 3.63) is 48.2 Å². The van der Waals surface area contributed by atoms with Crippen molar-refractivity contribution in [3.8, 4) is 0 Å². The molecule has 0 fully saturated rings. The average molecular weight is 201 g/mol. The molecule has 0 saturated heterocycles. The van der Waals surface area contributed by atoms with Gasteiger partial charge >= 0.3 is 5.97 Å². The predicted octanol–water partition coefficient (Wildman–Crippen LogP) is 2.59. The van der Waals surface area contributed by atoms with E-state index < -0.39 is 5.97 Å². The smallest absolute Gasteiger partial charge is 0.352 e. The predicted molar refractivity (Wildman–Crippen MR) is 59.2 cm³/mol. The maximum absolute atomic E-state index is 11.0. The van der Waals surface area contributed by atoms with E-state index in [1.165, 1.54) is 0 Å². The number of allylic oxidation sites excluding steroid dienone is 1. The summed E-state index contributed by atoms with van der Waals surface area (Å²) < 4.78 is 0. The SMILES string of the molecule is C=CCc1c(C(=O)O)[nH]c2ccccc12. The summed E-state index contributed by atoms with van der Waals surface area (Å²) in [6, 6.07) is 7.56. The summed E-state index contributed by atoms with van der Waals surface area (Å²) in [6.07, 6.45) is 2.27. The van der Waals surface area contributed by atoms with Crippen molar-refractivity contribution in [2.24, 2.45) is 0 Å². The number of benzene rings is 1. The van der Waals surface area contributed by atoms with Crippen molar-refractivity contribution in [3.63, 3.8) is 0 Å². The third kappa shape index (κ3) is 1.52. The summed E-state index contributed by atoms with van der Waals surface area (Å²) in [4.78, 5) is 13.9. The fourth-order valence-electron chi connectivity index (χ4n) is 1.74. The molecule has 0 spiro atoms. The van der Waals surface area contributed by atoms with Gasteiger partial charge in [-0.3, -0.25) is 0 Å². The lowest BCUT2D eigenvalue weighted by atomic mass is 10.1. The first-order valence-electron chi connectivity index (χ1n) is 4.68. The number of fused-ring (bicyclic) bond motifs is 1. The summed E-state index contributed by atoms with van der Waals surface area (Å²) >= 11 is 0. The van der Waals surface area contributed by atoms with Gasteiger partial charge in [0.25, 0.3) is 0 Å². The highest BCUT2D eigenvalue weighted by Gasteiger charge is 2.14. The van der Waals surface area contributed by atoms with Gasteiger partial charge in [-0.25, -0.2) is 4.79 Å². The Labute approximate surface area is 87.0 Å². The molecule has 0 saturated carbocycles. The van der Waals surface area contributed by atoms with E-state index in [2.05, 4.69) is 11.6 Å². The molecule has 15 heavy (non-hydrogen) atoms. The molecule has 1 heterocycles. The highest BCUT2D eigenvalue weighted by molar-refractivity contribution is 5.97. The largest absolute Gasteiger partial charge is 0.477 e. The zero-order valence-corrected chi connectivity index (χ0v) is 8.16. The molecule has 0 radical (unpaired) electrons. The molecule has 0 amide bonds. The van der Waals surface area contributed by atoms with Crippen molar-refractivity contribution in [1.29, 1.82) is 0 Å². The number of hydrogen-bond donors (Lipinski definition) is 2. The molecule has 1 aromatic carbocycles. The van der Waals surface area contributed by atoms with E-state index in [0.717, 1.165) is 16.5 Å². The number of para-hydroxylation sites is 1. The number of carbonyl (C=O) groups is 1. The van der Waals surface area contributed by atoms with Gasteiger partial charge in [0.15, 0.2) is 0 Å². The first-order valence-corrected chi connectivity index (χ1v) is 4.68. The van der Waals surface area contributed by atoms with Gasteiger partial charge in [0.05, 0.1) is 0 Å². The van der Waals surface area contributed by atoms with Crippen LogP contribution in [-0.2, 0) is 6.42 Å².